The number of carbonyl (C=O) groups excluding carboxylic acids is 1. The van der Waals surface area contributed by atoms with Gasteiger partial charge in [-0.15, -0.1) is 0 Å². The van der Waals surface area contributed by atoms with Crippen molar-refractivity contribution >= 4 is 23.4 Å². The van der Waals surface area contributed by atoms with Crippen LogP contribution in [-0.4, -0.2) is 52.9 Å². The van der Waals surface area contributed by atoms with Crippen LogP contribution in [0, 0.1) is 18.3 Å². The first-order valence-corrected chi connectivity index (χ1v) is 11.4. The van der Waals surface area contributed by atoms with Gasteiger partial charge in [-0.3, -0.25) is 14.0 Å². The maximum atomic E-state index is 13.5. The second-order valence-corrected chi connectivity index (χ2v) is 8.30. The van der Waals surface area contributed by atoms with Gasteiger partial charge < -0.3 is 15.1 Å². The van der Waals surface area contributed by atoms with E-state index in [9.17, 15) is 14.9 Å². The standard InChI is InChI=1S/C26H28N6O2/c1-3-30-12-14-31(15-13-30)24-22(26(34)32-11-7-8-19(2)23(32)29-24)16-21(17-27)25(33)28-18-20-9-5-4-6-10-20/h4-11,16H,3,12-15,18H2,1-2H3,(H,28,33). The van der Waals surface area contributed by atoms with Gasteiger partial charge >= 0.3 is 0 Å². The molecule has 1 N–H and O–H groups in total. The number of nitriles is 1. The van der Waals surface area contributed by atoms with E-state index in [1.54, 1.807) is 12.3 Å². The summed E-state index contributed by atoms with van der Waals surface area (Å²) < 4.78 is 1.48. The predicted octanol–water partition coefficient (Wildman–Crippen LogP) is 2.37. The highest BCUT2D eigenvalue weighted by Crippen LogP contribution is 2.22. The van der Waals surface area contributed by atoms with Crippen molar-refractivity contribution in [3.63, 3.8) is 0 Å². The van der Waals surface area contributed by atoms with E-state index in [1.165, 1.54) is 10.5 Å². The number of amides is 1. The van der Waals surface area contributed by atoms with Crippen molar-refractivity contribution in [1.82, 2.24) is 19.6 Å². The Labute approximate surface area is 198 Å². The number of fused-ring (bicyclic) bond motifs is 1. The highest BCUT2D eigenvalue weighted by atomic mass is 16.1. The van der Waals surface area contributed by atoms with Gasteiger partial charge in [0.05, 0.1) is 5.56 Å². The third kappa shape index (κ3) is 4.85. The van der Waals surface area contributed by atoms with E-state index in [2.05, 4.69) is 22.0 Å². The highest BCUT2D eigenvalue weighted by molar-refractivity contribution is 6.02. The van der Waals surface area contributed by atoms with Crippen molar-refractivity contribution in [2.24, 2.45) is 0 Å². The zero-order valence-corrected chi connectivity index (χ0v) is 19.5. The zero-order chi connectivity index (χ0) is 24.1. The Bertz CT molecular complexity index is 1310. The van der Waals surface area contributed by atoms with Gasteiger partial charge in [0.25, 0.3) is 11.5 Å². The van der Waals surface area contributed by atoms with Gasteiger partial charge in [-0.1, -0.05) is 43.3 Å². The molecule has 0 atom stereocenters. The second-order valence-electron chi connectivity index (χ2n) is 8.30. The molecule has 1 aliphatic rings. The molecule has 0 aliphatic carbocycles. The molecule has 0 radical (unpaired) electrons. The van der Waals surface area contributed by atoms with Crippen molar-refractivity contribution in [2.45, 2.75) is 20.4 Å². The molecule has 3 heterocycles. The van der Waals surface area contributed by atoms with Gasteiger partial charge in [-0.2, -0.15) is 5.26 Å². The van der Waals surface area contributed by atoms with Crippen molar-refractivity contribution in [3.8, 4) is 6.07 Å². The summed E-state index contributed by atoms with van der Waals surface area (Å²) in [4.78, 5) is 35.6. The third-order valence-electron chi connectivity index (χ3n) is 6.13. The van der Waals surface area contributed by atoms with E-state index in [0.29, 0.717) is 31.1 Å². The number of pyridine rings is 1. The molecule has 3 aromatic rings. The third-order valence-corrected chi connectivity index (χ3v) is 6.13. The van der Waals surface area contributed by atoms with Gasteiger partial charge in [-0.25, -0.2) is 4.98 Å². The van der Waals surface area contributed by atoms with Crippen LogP contribution in [0.2, 0.25) is 0 Å². The zero-order valence-electron chi connectivity index (χ0n) is 19.5. The molecule has 0 spiro atoms. The molecular weight excluding hydrogens is 428 g/mol. The van der Waals surface area contributed by atoms with E-state index < -0.39 is 5.91 Å². The predicted molar refractivity (Wildman–Crippen MR) is 132 cm³/mol. The number of nitrogens with one attached hydrogen (secondary N) is 1. The smallest absolute Gasteiger partial charge is 0.267 e. The normalized spacial score (nSPS) is 14.7. The van der Waals surface area contributed by atoms with Crippen molar-refractivity contribution < 1.29 is 4.79 Å². The Balaban J connectivity index is 1.74. The van der Waals surface area contributed by atoms with Gasteiger partial charge in [0, 0.05) is 38.9 Å². The summed E-state index contributed by atoms with van der Waals surface area (Å²) in [5.74, 6) is -0.0134. The topological polar surface area (TPSA) is 93.7 Å². The molecule has 34 heavy (non-hydrogen) atoms. The van der Waals surface area contributed by atoms with Gasteiger partial charge in [0.15, 0.2) is 0 Å². The van der Waals surface area contributed by atoms with Gasteiger partial charge in [-0.05, 0) is 36.7 Å². The van der Waals surface area contributed by atoms with Crippen LogP contribution < -0.4 is 15.8 Å². The Morgan fingerprint density at radius 1 is 1.15 bits per heavy atom. The summed E-state index contributed by atoms with van der Waals surface area (Å²) in [6.45, 7) is 8.44. The maximum absolute atomic E-state index is 13.5. The van der Waals surface area contributed by atoms with E-state index >= 15 is 0 Å². The number of hydrogen-bond donors (Lipinski definition) is 1. The number of likely N-dealkylation sites (N-methyl/N-ethyl adjacent to an activating group) is 1. The lowest BCUT2D eigenvalue weighted by Crippen LogP contribution is -2.47. The molecular formula is C26H28N6O2. The Morgan fingerprint density at radius 2 is 1.88 bits per heavy atom. The number of carbonyl (C=O) groups is 1. The van der Waals surface area contributed by atoms with Crippen LogP contribution in [-0.2, 0) is 11.3 Å². The number of hydrogen-bond acceptors (Lipinski definition) is 6. The molecule has 0 unspecified atom stereocenters. The molecule has 8 nitrogen and oxygen atoms in total. The summed E-state index contributed by atoms with van der Waals surface area (Å²) in [6, 6.07) is 15.1. The minimum atomic E-state index is -0.526. The fraction of sp³-hybridized carbons (Fsp3) is 0.308. The van der Waals surface area contributed by atoms with Crippen LogP contribution in [0.3, 0.4) is 0 Å². The molecule has 0 bridgehead atoms. The average Bonchev–Trinajstić information content (AvgIpc) is 2.88. The first-order valence-electron chi connectivity index (χ1n) is 11.4. The van der Waals surface area contributed by atoms with Crippen LogP contribution in [0.15, 0.2) is 59.0 Å². The monoisotopic (exact) mass is 456 g/mol. The Hall–Kier alpha value is -3.96. The van der Waals surface area contributed by atoms with Crippen molar-refractivity contribution in [1.29, 1.82) is 5.26 Å². The molecule has 0 saturated carbocycles. The van der Waals surface area contributed by atoms with Crippen molar-refractivity contribution in [2.75, 3.05) is 37.6 Å². The van der Waals surface area contributed by atoms with Crippen molar-refractivity contribution in [3.05, 3.63) is 81.3 Å². The molecule has 1 aromatic carbocycles. The van der Waals surface area contributed by atoms with E-state index in [4.69, 9.17) is 4.98 Å². The number of anilines is 1. The molecule has 4 rings (SSSR count). The van der Waals surface area contributed by atoms with Crippen LogP contribution >= 0.6 is 0 Å². The lowest BCUT2D eigenvalue weighted by molar-refractivity contribution is -0.117. The maximum Gasteiger partial charge on any atom is 0.267 e. The number of nitrogens with zero attached hydrogens (tertiary/aromatic N) is 5. The number of aromatic nitrogens is 2. The quantitative estimate of drug-likeness (QED) is 0.452. The molecule has 1 amide bonds. The fourth-order valence-corrected chi connectivity index (χ4v) is 4.11. The minimum absolute atomic E-state index is 0.129. The lowest BCUT2D eigenvalue weighted by Gasteiger charge is -2.35. The summed E-state index contributed by atoms with van der Waals surface area (Å²) in [5, 5.41) is 12.5. The number of piperazine rings is 1. The minimum Gasteiger partial charge on any atom is -0.353 e. The molecule has 1 fully saturated rings. The largest absolute Gasteiger partial charge is 0.353 e. The second kappa shape index (κ2) is 10.3. The molecule has 1 aliphatic heterocycles. The van der Waals surface area contributed by atoms with E-state index in [-0.39, 0.29) is 16.7 Å². The molecule has 1 saturated heterocycles. The molecule has 8 heteroatoms. The number of rotatable bonds is 6. The van der Waals surface area contributed by atoms with E-state index in [1.807, 2.05) is 49.4 Å². The van der Waals surface area contributed by atoms with Crippen LogP contribution in [0.25, 0.3) is 11.7 Å². The first-order chi connectivity index (χ1) is 16.5. The number of aryl methyl sites for hydroxylation is 1. The first kappa shape index (κ1) is 23.2. The molecule has 2 aromatic heterocycles. The summed E-state index contributed by atoms with van der Waals surface area (Å²) >= 11 is 0. The Kier molecular flexibility index (Phi) is 7.04. The highest BCUT2D eigenvalue weighted by Gasteiger charge is 2.23. The van der Waals surface area contributed by atoms with Gasteiger partial charge in [0.1, 0.15) is 23.1 Å². The van der Waals surface area contributed by atoms with Crippen LogP contribution in [0.4, 0.5) is 5.82 Å². The van der Waals surface area contributed by atoms with Crippen LogP contribution in [0.1, 0.15) is 23.6 Å². The summed E-state index contributed by atoms with van der Waals surface area (Å²) in [6.07, 6.45) is 3.04. The Morgan fingerprint density at radius 3 is 2.56 bits per heavy atom. The van der Waals surface area contributed by atoms with Gasteiger partial charge in [0.2, 0.25) is 0 Å². The van der Waals surface area contributed by atoms with E-state index in [0.717, 1.165) is 30.8 Å². The lowest BCUT2D eigenvalue weighted by atomic mass is 10.1. The van der Waals surface area contributed by atoms with Crippen LogP contribution in [0.5, 0.6) is 0 Å². The average molecular weight is 457 g/mol. The molecule has 174 valence electrons. The summed E-state index contributed by atoms with van der Waals surface area (Å²) in [5.41, 5.74) is 2.19. The SMILES string of the molecule is CCN1CCN(c2nc3c(C)cccn3c(=O)c2C=C(C#N)C(=O)NCc2ccccc2)CC1. The summed E-state index contributed by atoms with van der Waals surface area (Å²) in [7, 11) is 0. The fourth-order valence-electron chi connectivity index (χ4n) is 4.11. The number of benzene rings is 1.